The summed E-state index contributed by atoms with van der Waals surface area (Å²) in [7, 11) is 0. The van der Waals surface area contributed by atoms with Crippen LogP contribution < -0.4 is 0 Å². The highest BCUT2D eigenvalue weighted by Crippen LogP contribution is 2.11. The van der Waals surface area contributed by atoms with Gasteiger partial charge in [0.25, 0.3) is 5.69 Å². The first-order chi connectivity index (χ1) is 6.74. The van der Waals surface area contributed by atoms with E-state index in [0.717, 1.165) is 5.56 Å². The summed E-state index contributed by atoms with van der Waals surface area (Å²) in [6.45, 7) is 0.362. The predicted molar refractivity (Wildman–Crippen MR) is 49.8 cm³/mol. The van der Waals surface area contributed by atoms with E-state index in [-0.39, 0.29) is 5.69 Å². The van der Waals surface area contributed by atoms with E-state index in [9.17, 15) is 14.9 Å². The maximum absolute atomic E-state index is 10.3. The molecule has 0 aromatic heterocycles. The number of hydrogen-bond acceptors (Lipinski definition) is 4. The Morgan fingerprint density at radius 3 is 2.50 bits per heavy atom. The number of benzene rings is 1. The first kappa shape index (κ1) is 10.1. The Balaban J connectivity index is 2.64. The Hall–Kier alpha value is -2.00. The Labute approximate surface area is 80.2 Å². The van der Waals surface area contributed by atoms with Gasteiger partial charge >= 0.3 is 0 Å². The minimum absolute atomic E-state index is 0.0626. The third-order valence-electron chi connectivity index (χ3n) is 1.72. The average Bonchev–Trinajstić information content (AvgIpc) is 2.19. The minimum atomic E-state index is -0.451. The van der Waals surface area contributed by atoms with Gasteiger partial charge in [-0.2, -0.15) is 0 Å². The van der Waals surface area contributed by atoms with Crippen molar-refractivity contribution in [2.45, 2.75) is 6.42 Å². The van der Waals surface area contributed by atoms with Gasteiger partial charge in [-0.3, -0.25) is 10.1 Å². The summed E-state index contributed by atoms with van der Waals surface area (Å²) < 4.78 is 0. The summed E-state index contributed by atoms with van der Waals surface area (Å²) in [6, 6.07) is 6.16. The van der Waals surface area contributed by atoms with Crippen LogP contribution in [-0.4, -0.2) is 17.5 Å². The number of non-ortho nitro benzene ring substituents is 1. The normalized spacial score (nSPS) is 9.14. The molecular weight excluding hydrogens is 184 g/mol. The smallest absolute Gasteiger partial charge is 0.258 e. The summed E-state index contributed by atoms with van der Waals surface area (Å²) in [4.78, 5) is 23.0. The highest BCUT2D eigenvalue weighted by Gasteiger charge is 2.02. The van der Waals surface area contributed by atoms with E-state index in [1.807, 2.05) is 0 Å². The van der Waals surface area contributed by atoms with Crippen molar-refractivity contribution in [3.63, 3.8) is 0 Å². The zero-order valence-corrected chi connectivity index (χ0v) is 7.34. The molecule has 1 aromatic rings. The molecule has 5 heteroatoms. The highest BCUT2D eigenvalue weighted by atomic mass is 16.6. The Morgan fingerprint density at radius 2 is 2.00 bits per heavy atom. The summed E-state index contributed by atoms with van der Waals surface area (Å²) in [5, 5.41) is 10.3. The average molecular weight is 192 g/mol. The van der Waals surface area contributed by atoms with Crippen LogP contribution in [0.1, 0.15) is 5.56 Å². The number of rotatable bonds is 4. The zero-order chi connectivity index (χ0) is 10.4. The van der Waals surface area contributed by atoms with Crippen LogP contribution in [0.2, 0.25) is 0 Å². The lowest BCUT2D eigenvalue weighted by Crippen LogP contribution is -1.91. The number of nitro groups is 1. The fourth-order valence-electron chi connectivity index (χ4n) is 1.01. The molecule has 1 aromatic carbocycles. The van der Waals surface area contributed by atoms with Gasteiger partial charge in [-0.1, -0.05) is 12.1 Å². The van der Waals surface area contributed by atoms with E-state index < -0.39 is 4.92 Å². The van der Waals surface area contributed by atoms with Crippen LogP contribution in [0.5, 0.6) is 0 Å². The van der Waals surface area contributed by atoms with Crippen molar-refractivity contribution >= 4 is 11.8 Å². The Bertz CT molecular complexity index is 366. The molecule has 72 valence electrons. The van der Waals surface area contributed by atoms with Gasteiger partial charge < -0.3 is 0 Å². The van der Waals surface area contributed by atoms with Crippen LogP contribution in [0.25, 0.3) is 0 Å². The molecule has 0 aliphatic rings. The molecule has 5 nitrogen and oxygen atoms in total. The fourth-order valence-corrected chi connectivity index (χ4v) is 1.01. The van der Waals surface area contributed by atoms with Crippen LogP contribution in [0.4, 0.5) is 5.69 Å². The predicted octanol–water partition coefficient (Wildman–Crippen LogP) is 1.47. The molecule has 0 saturated carbocycles. The quantitative estimate of drug-likeness (QED) is 0.314. The summed E-state index contributed by atoms with van der Waals surface area (Å²) in [6.07, 6.45) is 2.02. The van der Waals surface area contributed by atoms with Crippen molar-refractivity contribution in [1.82, 2.24) is 0 Å². The van der Waals surface area contributed by atoms with Gasteiger partial charge in [-0.15, -0.1) is 0 Å². The van der Waals surface area contributed by atoms with E-state index in [1.54, 1.807) is 12.1 Å². The van der Waals surface area contributed by atoms with Gasteiger partial charge in [0, 0.05) is 12.1 Å². The van der Waals surface area contributed by atoms with Gasteiger partial charge in [0.15, 0.2) is 0 Å². The maximum atomic E-state index is 10.3. The fraction of sp³-hybridized carbons (Fsp3) is 0.222. The molecular formula is C9H8N2O3. The number of isocyanates is 1. The second-order valence-electron chi connectivity index (χ2n) is 2.65. The third kappa shape index (κ3) is 2.80. The second kappa shape index (κ2) is 4.89. The lowest BCUT2D eigenvalue weighted by molar-refractivity contribution is -0.384. The molecule has 0 saturated heterocycles. The molecule has 14 heavy (non-hydrogen) atoms. The van der Waals surface area contributed by atoms with Crippen LogP contribution in [0, 0.1) is 10.1 Å². The van der Waals surface area contributed by atoms with Crippen molar-refractivity contribution in [3.05, 3.63) is 39.9 Å². The van der Waals surface area contributed by atoms with Crippen molar-refractivity contribution < 1.29 is 9.72 Å². The molecule has 1 rings (SSSR count). The highest BCUT2D eigenvalue weighted by molar-refractivity contribution is 5.34. The lowest BCUT2D eigenvalue weighted by Gasteiger charge is -1.96. The monoisotopic (exact) mass is 192 g/mol. The lowest BCUT2D eigenvalue weighted by atomic mass is 10.1. The summed E-state index contributed by atoms with van der Waals surface area (Å²) in [5.74, 6) is 0. The van der Waals surface area contributed by atoms with Crippen LogP contribution in [0.3, 0.4) is 0 Å². The van der Waals surface area contributed by atoms with Crippen molar-refractivity contribution in [1.29, 1.82) is 0 Å². The van der Waals surface area contributed by atoms with Gasteiger partial charge in [-0.25, -0.2) is 9.79 Å². The number of aliphatic imine (C=N–C) groups is 1. The van der Waals surface area contributed by atoms with Gasteiger partial charge in [0.05, 0.1) is 11.5 Å². The van der Waals surface area contributed by atoms with E-state index in [2.05, 4.69) is 4.99 Å². The van der Waals surface area contributed by atoms with Crippen LogP contribution in [0.15, 0.2) is 29.3 Å². The molecule has 0 N–H and O–H groups in total. The standard InChI is InChI=1S/C9H8N2O3/c12-7-10-6-5-8-1-3-9(4-2-8)11(13)14/h1-4H,5-6H2. The zero-order valence-electron chi connectivity index (χ0n) is 7.34. The molecule has 0 heterocycles. The van der Waals surface area contributed by atoms with Crippen molar-refractivity contribution in [2.24, 2.45) is 4.99 Å². The SMILES string of the molecule is O=C=NCCc1ccc([N+](=O)[O-])cc1. The number of nitro benzene ring substituents is 1. The van der Waals surface area contributed by atoms with Gasteiger partial charge in [-0.05, 0) is 12.0 Å². The molecule has 0 radical (unpaired) electrons. The van der Waals surface area contributed by atoms with Crippen LogP contribution in [-0.2, 0) is 11.2 Å². The summed E-state index contributed by atoms with van der Waals surface area (Å²) >= 11 is 0. The maximum Gasteiger partial charge on any atom is 0.269 e. The Morgan fingerprint density at radius 1 is 1.36 bits per heavy atom. The molecule has 0 bridgehead atoms. The summed E-state index contributed by atoms with van der Waals surface area (Å²) in [5.41, 5.74) is 0.974. The Kier molecular flexibility index (Phi) is 3.52. The van der Waals surface area contributed by atoms with E-state index >= 15 is 0 Å². The van der Waals surface area contributed by atoms with Gasteiger partial charge in [0.2, 0.25) is 6.08 Å². The number of nitrogens with zero attached hydrogens (tertiary/aromatic N) is 2. The molecule has 0 unspecified atom stereocenters. The topological polar surface area (TPSA) is 72.6 Å². The van der Waals surface area contributed by atoms with Crippen LogP contribution >= 0.6 is 0 Å². The van der Waals surface area contributed by atoms with Gasteiger partial charge in [0.1, 0.15) is 0 Å². The first-order valence-electron chi connectivity index (χ1n) is 4.01. The van der Waals surface area contributed by atoms with E-state index in [1.165, 1.54) is 18.2 Å². The molecule has 0 amide bonds. The minimum Gasteiger partial charge on any atom is -0.258 e. The molecule has 0 aliphatic carbocycles. The number of carbonyl (C=O) groups excluding carboxylic acids is 1. The van der Waals surface area contributed by atoms with Crippen molar-refractivity contribution in [3.8, 4) is 0 Å². The second-order valence-corrected chi connectivity index (χ2v) is 2.65. The van der Waals surface area contributed by atoms with Crippen molar-refractivity contribution in [2.75, 3.05) is 6.54 Å². The molecule has 0 aliphatic heterocycles. The van der Waals surface area contributed by atoms with E-state index in [4.69, 9.17) is 0 Å². The number of hydrogen-bond donors (Lipinski definition) is 0. The molecule has 0 fully saturated rings. The molecule has 0 spiro atoms. The van der Waals surface area contributed by atoms with E-state index in [0.29, 0.717) is 13.0 Å². The third-order valence-corrected chi connectivity index (χ3v) is 1.72. The largest absolute Gasteiger partial charge is 0.269 e. The molecule has 0 atom stereocenters. The first-order valence-corrected chi connectivity index (χ1v) is 4.01.